The van der Waals surface area contributed by atoms with E-state index in [9.17, 15) is 18.0 Å². The molecule has 1 heterocycles. The molecule has 160 valence electrons. The van der Waals surface area contributed by atoms with Crippen LogP contribution in [0.1, 0.15) is 25.0 Å². The highest BCUT2D eigenvalue weighted by molar-refractivity contribution is 7.89. The van der Waals surface area contributed by atoms with Gasteiger partial charge in [-0.25, -0.2) is 8.42 Å². The van der Waals surface area contributed by atoms with E-state index in [2.05, 4.69) is 5.32 Å². The minimum Gasteiger partial charge on any atom is -0.325 e. The first-order valence-electron chi connectivity index (χ1n) is 9.30. The fourth-order valence-electron chi connectivity index (χ4n) is 3.45. The van der Waals surface area contributed by atoms with Crippen molar-refractivity contribution in [3.05, 3.63) is 52.5 Å². The fourth-order valence-corrected chi connectivity index (χ4v) is 4.79. The van der Waals surface area contributed by atoms with Gasteiger partial charge in [0.2, 0.25) is 21.8 Å². The third-order valence-corrected chi connectivity index (χ3v) is 7.58. The number of carbonyl (C=O) groups is 2. The lowest BCUT2D eigenvalue weighted by atomic mass is 9.86. The van der Waals surface area contributed by atoms with E-state index in [-0.39, 0.29) is 17.3 Å². The summed E-state index contributed by atoms with van der Waals surface area (Å²) < 4.78 is 27.0. The van der Waals surface area contributed by atoms with Crippen LogP contribution in [0.2, 0.25) is 5.02 Å². The standard InChI is InChI=1S/C21H24ClN3O4S/c1-13-6-7-14(10-17(13)22)23-19(26)12-24(4)30(28,29)15-8-9-18-16(11-15)21(2,3)20(27)25(18)5/h6-11H,12H2,1-5H3,(H,23,26). The second-order valence-corrected chi connectivity index (χ2v) is 10.4. The normalized spacial score (nSPS) is 15.4. The van der Waals surface area contributed by atoms with Gasteiger partial charge >= 0.3 is 0 Å². The van der Waals surface area contributed by atoms with Crippen LogP contribution in [0.25, 0.3) is 0 Å². The molecule has 0 fully saturated rings. The van der Waals surface area contributed by atoms with Crippen molar-refractivity contribution in [2.45, 2.75) is 31.1 Å². The first-order valence-corrected chi connectivity index (χ1v) is 11.1. The van der Waals surface area contributed by atoms with Gasteiger partial charge in [0.05, 0.1) is 16.9 Å². The van der Waals surface area contributed by atoms with Crippen LogP contribution in [0.4, 0.5) is 11.4 Å². The molecule has 2 amide bonds. The predicted molar refractivity (Wildman–Crippen MR) is 118 cm³/mol. The summed E-state index contributed by atoms with van der Waals surface area (Å²) >= 11 is 6.06. The van der Waals surface area contributed by atoms with Crippen molar-refractivity contribution >= 4 is 44.8 Å². The van der Waals surface area contributed by atoms with Crippen LogP contribution in [-0.4, -0.2) is 45.2 Å². The molecule has 0 radical (unpaired) electrons. The molecule has 7 nitrogen and oxygen atoms in total. The third kappa shape index (κ3) is 3.82. The van der Waals surface area contributed by atoms with Crippen molar-refractivity contribution in [3.8, 4) is 0 Å². The number of fused-ring (bicyclic) bond motifs is 1. The summed E-state index contributed by atoms with van der Waals surface area (Å²) in [6.45, 7) is 5.00. The first-order chi connectivity index (χ1) is 13.9. The van der Waals surface area contributed by atoms with Gasteiger partial charge < -0.3 is 10.2 Å². The topological polar surface area (TPSA) is 86.8 Å². The molecule has 0 unspecified atom stereocenters. The summed E-state index contributed by atoms with van der Waals surface area (Å²) in [7, 11) is -0.927. The number of rotatable bonds is 5. The molecule has 0 bridgehead atoms. The zero-order valence-corrected chi connectivity index (χ0v) is 19.1. The number of benzene rings is 2. The second-order valence-electron chi connectivity index (χ2n) is 7.94. The maximum atomic E-state index is 13.0. The van der Waals surface area contributed by atoms with Crippen LogP contribution in [0.3, 0.4) is 0 Å². The molecule has 0 atom stereocenters. The molecule has 1 aliphatic heterocycles. The smallest absolute Gasteiger partial charge is 0.243 e. The first kappa shape index (κ1) is 22.3. The summed E-state index contributed by atoms with van der Waals surface area (Å²) in [5, 5.41) is 3.16. The molecule has 9 heteroatoms. The highest BCUT2D eigenvalue weighted by Crippen LogP contribution is 2.41. The molecule has 0 spiro atoms. The van der Waals surface area contributed by atoms with Crippen LogP contribution in [0.15, 0.2) is 41.3 Å². The highest BCUT2D eigenvalue weighted by Gasteiger charge is 2.43. The number of hydrogen-bond donors (Lipinski definition) is 1. The van der Waals surface area contributed by atoms with E-state index >= 15 is 0 Å². The number of aryl methyl sites for hydroxylation is 1. The molecule has 0 aliphatic carbocycles. The maximum Gasteiger partial charge on any atom is 0.243 e. The predicted octanol–water partition coefficient (Wildman–Crippen LogP) is 3.16. The quantitative estimate of drug-likeness (QED) is 0.759. The molecule has 2 aromatic rings. The lowest BCUT2D eigenvalue weighted by Gasteiger charge is -2.19. The average molecular weight is 450 g/mol. The summed E-state index contributed by atoms with van der Waals surface area (Å²) in [6.07, 6.45) is 0. The number of halogens is 1. The van der Waals surface area contributed by atoms with Crippen LogP contribution >= 0.6 is 11.6 Å². The van der Waals surface area contributed by atoms with Gasteiger partial charge in [0.25, 0.3) is 0 Å². The van der Waals surface area contributed by atoms with Crippen molar-refractivity contribution in [1.82, 2.24) is 4.31 Å². The van der Waals surface area contributed by atoms with Crippen LogP contribution in [0, 0.1) is 6.92 Å². The van der Waals surface area contributed by atoms with E-state index in [1.54, 1.807) is 45.2 Å². The Morgan fingerprint density at radius 3 is 2.50 bits per heavy atom. The molecule has 0 saturated carbocycles. The van der Waals surface area contributed by atoms with E-state index in [1.807, 2.05) is 6.92 Å². The number of nitrogens with zero attached hydrogens (tertiary/aromatic N) is 2. The minimum absolute atomic E-state index is 0.0334. The van der Waals surface area contributed by atoms with Gasteiger partial charge in [-0.05, 0) is 62.2 Å². The summed E-state index contributed by atoms with van der Waals surface area (Å²) in [5.74, 6) is -0.589. The third-order valence-electron chi connectivity index (χ3n) is 5.37. The molecular formula is C21H24ClN3O4S. The molecule has 3 rings (SSSR count). The lowest BCUT2D eigenvalue weighted by Crippen LogP contribution is -2.35. The van der Waals surface area contributed by atoms with Crippen LogP contribution in [0.5, 0.6) is 0 Å². The summed E-state index contributed by atoms with van der Waals surface area (Å²) in [5.41, 5.74) is 1.86. The Morgan fingerprint density at radius 2 is 1.87 bits per heavy atom. The van der Waals surface area contributed by atoms with E-state index in [4.69, 9.17) is 11.6 Å². The molecule has 2 aromatic carbocycles. The van der Waals surface area contributed by atoms with E-state index in [0.29, 0.717) is 22.0 Å². The van der Waals surface area contributed by atoms with Crippen molar-refractivity contribution in [3.63, 3.8) is 0 Å². The highest BCUT2D eigenvalue weighted by atomic mass is 35.5. The van der Waals surface area contributed by atoms with E-state index in [1.165, 1.54) is 24.1 Å². The Bertz CT molecular complexity index is 1140. The van der Waals surface area contributed by atoms with E-state index in [0.717, 1.165) is 9.87 Å². The van der Waals surface area contributed by atoms with Gasteiger partial charge in [0.1, 0.15) is 0 Å². The SMILES string of the molecule is Cc1ccc(NC(=O)CN(C)S(=O)(=O)c2ccc3c(c2)C(C)(C)C(=O)N3C)cc1Cl. The summed E-state index contributed by atoms with van der Waals surface area (Å²) in [6, 6.07) is 9.66. The lowest BCUT2D eigenvalue weighted by molar-refractivity contribution is -0.121. The summed E-state index contributed by atoms with van der Waals surface area (Å²) in [4.78, 5) is 26.4. The Hall–Kier alpha value is -2.42. The molecular weight excluding hydrogens is 426 g/mol. The van der Waals surface area contributed by atoms with Gasteiger partial charge in [-0.2, -0.15) is 4.31 Å². The molecule has 1 N–H and O–H groups in total. The number of likely N-dealkylation sites (N-methyl/N-ethyl adjacent to an activating group) is 2. The van der Waals surface area contributed by atoms with Gasteiger partial charge in [-0.15, -0.1) is 0 Å². The molecule has 30 heavy (non-hydrogen) atoms. The van der Waals surface area contributed by atoms with Crippen molar-refractivity contribution in [2.75, 3.05) is 30.9 Å². The second kappa shape index (κ2) is 7.68. The minimum atomic E-state index is -3.93. The number of anilines is 2. The van der Waals surface area contributed by atoms with Gasteiger partial charge in [0.15, 0.2) is 0 Å². The monoisotopic (exact) mass is 449 g/mol. The Kier molecular flexibility index (Phi) is 5.70. The van der Waals surface area contributed by atoms with Gasteiger partial charge in [-0.3, -0.25) is 9.59 Å². The number of nitrogens with one attached hydrogen (secondary N) is 1. The Labute approximate surface area is 181 Å². The number of hydrogen-bond acceptors (Lipinski definition) is 4. The zero-order valence-electron chi connectivity index (χ0n) is 17.5. The zero-order chi connectivity index (χ0) is 22.4. The van der Waals surface area contributed by atoms with Crippen LogP contribution in [-0.2, 0) is 25.0 Å². The largest absolute Gasteiger partial charge is 0.325 e. The Morgan fingerprint density at radius 1 is 1.20 bits per heavy atom. The number of amides is 2. The van der Waals surface area contributed by atoms with Crippen molar-refractivity contribution in [2.24, 2.45) is 0 Å². The Balaban J connectivity index is 1.80. The van der Waals surface area contributed by atoms with Gasteiger partial charge in [-0.1, -0.05) is 17.7 Å². The maximum absolute atomic E-state index is 13.0. The number of sulfonamides is 1. The van der Waals surface area contributed by atoms with Crippen molar-refractivity contribution in [1.29, 1.82) is 0 Å². The van der Waals surface area contributed by atoms with Gasteiger partial charge in [0, 0.05) is 30.5 Å². The number of carbonyl (C=O) groups excluding carboxylic acids is 2. The van der Waals surface area contributed by atoms with E-state index < -0.39 is 21.3 Å². The van der Waals surface area contributed by atoms with Crippen molar-refractivity contribution < 1.29 is 18.0 Å². The van der Waals surface area contributed by atoms with Crippen LogP contribution < -0.4 is 10.2 Å². The molecule has 0 aromatic heterocycles. The average Bonchev–Trinajstić information content (AvgIpc) is 2.84. The molecule has 1 aliphatic rings. The molecule has 0 saturated heterocycles. The fraction of sp³-hybridized carbons (Fsp3) is 0.333.